The van der Waals surface area contributed by atoms with Gasteiger partial charge in [0, 0.05) is 6.54 Å². The quantitative estimate of drug-likeness (QED) is 0.864. The third-order valence-corrected chi connectivity index (χ3v) is 3.27. The molecular weight excluding hydrogens is 240 g/mol. The normalized spacial score (nSPS) is 11.8. The van der Waals surface area contributed by atoms with Crippen LogP contribution in [-0.2, 0) is 10.0 Å². The van der Waals surface area contributed by atoms with Gasteiger partial charge in [0.15, 0.2) is 0 Å². The second-order valence-corrected chi connectivity index (χ2v) is 4.56. The number of nitrogens with one attached hydrogen (secondary N) is 1. The molecule has 1 N–H and O–H groups in total. The summed E-state index contributed by atoms with van der Waals surface area (Å²) in [5.74, 6) is -0.363. The molecule has 16 heavy (non-hydrogen) atoms. The van der Waals surface area contributed by atoms with Crippen molar-refractivity contribution in [2.24, 2.45) is 0 Å². The summed E-state index contributed by atoms with van der Waals surface area (Å²) in [5.41, 5.74) is 0. The average Bonchev–Trinajstić information content (AvgIpc) is 2.17. The molecule has 0 radical (unpaired) electrons. The molecule has 0 bridgehead atoms. The van der Waals surface area contributed by atoms with Crippen LogP contribution in [0.2, 0.25) is 0 Å². The number of para-hydroxylation sites is 1. The van der Waals surface area contributed by atoms with Gasteiger partial charge in [-0.05, 0) is 12.1 Å². The number of alkyl halides is 2. The Balaban J connectivity index is 3.13. The molecule has 1 rings (SSSR count). The van der Waals surface area contributed by atoms with E-state index >= 15 is 0 Å². The minimum absolute atomic E-state index is 0.172. The summed E-state index contributed by atoms with van der Waals surface area (Å²) in [4.78, 5) is -0.294. The lowest BCUT2D eigenvalue weighted by atomic mass is 10.3. The van der Waals surface area contributed by atoms with E-state index in [0.29, 0.717) is 0 Å². The molecule has 4 nitrogen and oxygen atoms in total. The van der Waals surface area contributed by atoms with Crippen LogP contribution in [0, 0.1) is 0 Å². The topological polar surface area (TPSA) is 55.4 Å². The van der Waals surface area contributed by atoms with Crippen molar-refractivity contribution in [2.75, 3.05) is 6.54 Å². The number of hydrogen-bond acceptors (Lipinski definition) is 3. The number of hydrogen-bond donors (Lipinski definition) is 1. The van der Waals surface area contributed by atoms with E-state index in [0.717, 1.165) is 0 Å². The largest absolute Gasteiger partial charge is 0.433 e. The van der Waals surface area contributed by atoms with Crippen LogP contribution in [0.5, 0.6) is 5.75 Å². The van der Waals surface area contributed by atoms with Crippen LogP contribution in [-0.4, -0.2) is 21.6 Å². The summed E-state index contributed by atoms with van der Waals surface area (Å²) < 4.78 is 53.6. The van der Waals surface area contributed by atoms with Gasteiger partial charge in [-0.1, -0.05) is 19.1 Å². The zero-order valence-electron chi connectivity index (χ0n) is 8.48. The van der Waals surface area contributed by atoms with Crippen LogP contribution < -0.4 is 9.46 Å². The summed E-state index contributed by atoms with van der Waals surface area (Å²) >= 11 is 0. The maximum Gasteiger partial charge on any atom is 0.387 e. The van der Waals surface area contributed by atoms with Crippen molar-refractivity contribution in [3.05, 3.63) is 24.3 Å². The standard InChI is InChI=1S/C9H11F2NO3S/c1-2-12-16(13,14)8-6-4-3-5-7(8)15-9(10)11/h3-6,9,12H,2H2,1H3. The second-order valence-electron chi connectivity index (χ2n) is 2.83. The predicted octanol–water partition coefficient (Wildman–Crippen LogP) is 1.59. The first kappa shape index (κ1) is 12.9. The Labute approximate surface area is 92.3 Å². The van der Waals surface area contributed by atoms with Crippen molar-refractivity contribution < 1.29 is 21.9 Å². The van der Waals surface area contributed by atoms with Crippen molar-refractivity contribution in [3.63, 3.8) is 0 Å². The van der Waals surface area contributed by atoms with Crippen LogP contribution in [0.3, 0.4) is 0 Å². The predicted molar refractivity (Wildman–Crippen MR) is 53.9 cm³/mol. The Morgan fingerprint density at radius 2 is 2.00 bits per heavy atom. The molecule has 0 unspecified atom stereocenters. The molecule has 0 aliphatic heterocycles. The van der Waals surface area contributed by atoms with E-state index in [1.54, 1.807) is 6.92 Å². The Kier molecular flexibility index (Phi) is 4.19. The Morgan fingerprint density at radius 1 is 1.38 bits per heavy atom. The number of rotatable bonds is 5. The zero-order chi connectivity index (χ0) is 12.2. The highest BCUT2D eigenvalue weighted by molar-refractivity contribution is 7.89. The van der Waals surface area contributed by atoms with Gasteiger partial charge in [0.1, 0.15) is 10.6 Å². The number of sulfonamides is 1. The van der Waals surface area contributed by atoms with Gasteiger partial charge in [0.05, 0.1) is 0 Å². The summed E-state index contributed by atoms with van der Waals surface area (Å²) in [6.07, 6.45) is 0. The fraction of sp³-hybridized carbons (Fsp3) is 0.333. The lowest BCUT2D eigenvalue weighted by Gasteiger charge is -2.10. The van der Waals surface area contributed by atoms with Gasteiger partial charge >= 0.3 is 6.61 Å². The number of halogens is 2. The first-order valence-corrected chi connectivity index (χ1v) is 5.99. The zero-order valence-corrected chi connectivity index (χ0v) is 9.30. The van der Waals surface area contributed by atoms with Crippen molar-refractivity contribution in [2.45, 2.75) is 18.4 Å². The monoisotopic (exact) mass is 251 g/mol. The smallest absolute Gasteiger partial charge is 0.387 e. The van der Waals surface area contributed by atoms with Crippen LogP contribution in [0.25, 0.3) is 0 Å². The van der Waals surface area contributed by atoms with Gasteiger partial charge in [-0.25, -0.2) is 13.1 Å². The molecule has 0 fully saturated rings. The van der Waals surface area contributed by atoms with Crippen LogP contribution >= 0.6 is 0 Å². The van der Waals surface area contributed by atoms with Gasteiger partial charge in [-0.2, -0.15) is 8.78 Å². The van der Waals surface area contributed by atoms with Crippen LogP contribution in [0.1, 0.15) is 6.92 Å². The first-order chi connectivity index (χ1) is 7.47. The molecule has 1 aromatic rings. The summed E-state index contributed by atoms with van der Waals surface area (Å²) in [5, 5.41) is 0. The van der Waals surface area contributed by atoms with E-state index in [2.05, 4.69) is 9.46 Å². The van der Waals surface area contributed by atoms with Gasteiger partial charge < -0.3 is 4.74 Å². The van der Waals surface area contributed by atoms with E-state index in [1.165, 1.54) is 24.3 Å². The molecular formula is C9H11F2NO3S. The molecule has 0 spiro atoms. The molecule has 0 amide bonds. The molecule has 7 heteroatoms. The van der Waals surface area contributed by atoms with Gasteiger partial charge in [0.25, 0.3) is 0 Å². The average molecular weight is 251 g/mol. The lowest BCUT2D eigenvalue weighted by molar-refractivity contribution is -0.0517. The SMILES string of the molecule is CCNS(=O)(=O)c1ccccc1OC(F)F. The van der Waals surface area contributed by atoms with Gasteiger partial charge in [-0.3, -0.25) is 0 Å². The van der Waals surface area contributed by atoms with E-state index in [-0.39, 0.29) is 17.2 Å². The van der Waals surface area contributed by atoms with Crippen molar-refractivity contribution in [1.82, 2.24) is 4.72 Å². The highest BCUT2D eigenvalue weighted by Crippen LogP contribution is 2.24. The van der Waals surface area contributed by atoms with E-state index in [1.807, 2.05) is 0 Å². The van der Waals surface area contributed by atoms with Crippen molar-refractivity contribution in [3.8, 4) is 5.75 Å². The lowest BCUT2D eigenvalue weighted by Crippen LogP contribution is -2.24. The maximum atomic E-state index is 12.0. The van der Waals surface area contributed by atoms with E-state index in [4.69, 9.17) is 0 Å². The van der Waals surface area contributed by atoms with Crippen LogP contribution in [0.4, 0.5) is 8.78 Å². The highest BCUT2D eigenvalue weighted by Gasteiger charge is 2.19. The molecule has 0 aliphatic carbocycles. The maximum absolute atomic E-state index is 12.0. The molecule has 0 aliphatic rings. The highest BCUT2D eigenvalue weighted by atomic mass is 32.2. The molecule has 1 aromatic carbocycles. The molecule has 0 saturated heterocycles. The molecule has 0 saturated carbocycles. The number of benzene rings is 1. The van der Waals surface area contributed by atoms with Crippen molar-refractivity contribution in [1.29, 1.82) is 0 Å². The van der Waals surface area contributed by atoms with Crippen LogP contribution in [0.15, 0.2) is 29.2 Å². The second kappa shape index (κ2) is 5.22. The van der Waals surface area contributed by atoms with Gasteiger partial charge in [0.2, 0.25) is 10.0 Å². The molecule has 90 valence electrons. The van der Waals surface area contributed by atoms with Crippen molar-refractivity contribution >= 4 is 10.0 Å². The Hall–Kier alpha value is -1.21. The fourth-order valence-electron chi connectivity index (χ4n) is 1.13. The minimum atomic E-state index is -3.79. The number of ether oxygens (including phenoxy) is 1. The molecule has 0 heterocycles. The van der Waals surface area contributed by atoms with E-state index in [9.17, 15) is 17.2 Å². The summed E-state index contributed by atoms with van der Waals surface area (Å²) in [6, 6.07) is 5.23. The Bertz CT molecular complexity index is 448. The summed E-state index contributed by atoms with van der Waals surface area (Å²) in [6.45, 7) is -1.29. The third-order valence-electron chi connectivity index (χ3n) is 1.69. The Morgan fingerprint density at radius 3 is 2.56 bits per heavy atom. The van der Waals surface area contributed by atoms with Gasteiger partial charge in [-0.15, -0.1) is 0 Å². The fourth-order valence-corrected chi connectivity index (χ4v) is 2.31. The third kappa shape index (κ3) is 3.14. The van der Waals surface area contributed by atoms with E-state index < -0.39 is 16.6 Å². The minimum Gasteiger partial charge on any atom is -0.433 e. The summed E-state index contributed by atoms with van der Waals surface area (Å²) in [7, 11) is -3.79. The molecule has 0 aromatic heterocycles. The molecule has 0 atom stereocenters. The first-order valence-electron chi connectivity index (χ1n) is 4.51.